The molecule has 0 N–H and O–H groups in total. The van der Waals surface area contributed by atoms with E-state index in [1.807, 2.05) is 23.6 Å². The van der Waals surface area contributed by atoms with Gasteiger partial charge in [0.2, 0.25) is 0 Å². The van der Waals surface area contributed by atoms with Gasteiger partial charge in [0.05, 0.1) is 24.9 Å². The average Bonchev–Trinajstić information content (AvgIpc) is 3.23. The molecule has 4 rings (SSSR count). The highest BCUT2D eigenvalue weighted by Gasteiger charge is 2.43. The summed E-state index contributed by atoms with van der Waals surface area (Å²) in [6.07, 6.45) is 7.14. The van der Waals surface area contributed by atoms with Crippen molar-refractivity contribution in [3.8, 4) is 0 Å². The van der Waals surface area contributed by atoms with Crippen LogP contribution in [0.2, 0.25) is 0 Å². The number of aromatic nitrogens is 1. The topological polar surface area (TPSA) is 34.6 Å². The van der Waals surface area contributed by atoms with Gasteiger partial charge in [0.15, 0.2) is 0 Å². The van der Waals surface area contributed by atoms with Crippen molar-refractivity contribution in [1.82, 2.24) is 9.88 Å². The summed E-state index contributed by atoms with van der Waals surface area (Å²) in [5.74, 6) is 0. The molecule has 2 fully saturated rings. The molecule has 2 saturated heterocycles. The summed E-state index contributed by atoms with van der Waals surface area (Å²) in [7, 11) is 0. The van der Waals surface area contributed by atoms with Gasteiger partial charge in [-0.05, 0) is 48.4 Å². The maximum atomic E-state index is 6.23. The van der Waals surface area contributed by atoms with Gasteiger partial charge in [0.1, 0.15) is 0 Å². The minimum Gasteiger partial charge on any atom is -0.372 e. The Balaban J connectivity index is 1.25. The van der Waals surface area contributed by atoms with Gasteiger partial charge in [0, 0.05) is 43.3 Å². The van der Waals surface area contributed by atoms with Crippen molar-refractivity contribution in [1.29, 1.82) is 0 Å². The highest BCUT2D eigenvalue weighted by Crippen LogP contribution is 2.37. The van der Waals surface area contributed by atoms with Crippen molar-refractivity contribution >= 4 is 11.3 Å². The van der Waals surface area contributed by atoms with Crippen LogP contribution in [0.5, 0.6) is 0 Å². The second kappa shape index (κ2) is 7.54. The standard InChI is InChI=1S/C20H26N2O2S/c1-16-4-10-25-19(16)13-22-8-5-20(6-9-22)11-18(15-24-20)23-14-17-3-2-7-21-12-17/h2-4,7,10,12,18H,5-6,8-9,11,13-15H2,1H3/t18-/m0/s1. The van der Waals surface area contributed by atoms with Crippen molar-refractivity contribution in [3.63, 3.8) is 0 Å². The van der Waals surface area contributed by atoms with Gasteiger partial charge in [-0.25, -0.2) is 0 Å². The molecule has 0 aromatic carbocycles. The van der Waals surface area contributed by atoms with Gasteiger partial charge in [0.25, 0.3) is 0 Å². The molecule has 0 aliphatic carbocycles. The molecule has 0 unspecified atom stereocenters. The molecular weight excluding hydrogens is 332 g/mol. The molecule has 5 heteroatoms. The smallest absolute Gasteiger partial charge is 0.0840 e. The Bertz CT molecular complexity index is 680. The number of likely N-dealkylation sites (tertiary alicyclic amines) is 1. The van der Waals surface area contributed by atoms with Gasteiger partial charge < -0.3 is 9.47 Å². The second-order valence-electron chi connectivity index (χ2n) is 7.30. The maximum Gasteiger partial charge on any atom is 0.0840 e. The lowest BCUT2D eigenvalue weighted by Gasteiger charge is -2.38. The zero-order chi connectivity index (χ0) is 17.1. The Morgan fingerprint density at radius 3 is 2.96 bits per heavy atom. The quantitative estimate of drug-likeness (QED) is 0.814. The summed E-state index contributed by atoms with van der Waals surface area (Å²) in [5.41, 5.74) is 2.59. The third-order valence-electron chi connectivity index (χ3n) is 5.49. The molecule has 0 saturated carbocycles. The number of rotatable bonds is 5. The molecule has 4 nitrogen and oxygen atoms in total. The monoisotopic (exact) mass is 358 g/mol. The van der Waals surface area contributed by atoms with Crippen LogP contribution >= 0.6 is 11.3 Å². The van der Waals surface area contributed by atoms with E-state index in [9.17, 15) is 0 Å². The summed E-state index contributed by atoms with van der Waals surface area (Å²) in [4.78, 5) is 8.21. The molecule has 4 heterocycles. The summed E-state index contributed by atoms with van der Waals surface area (Å²) in [6.45, 7) is 6.88. The van der Waals surface area contributed by atoms with Crippen LogP contribution < -0.4 is 0 Å². The number of pyridine rings is 1. The first-order valence-electron chi connectivity index (χ1n) is 9.12. The van der Waals surface area contributed by atoms with Gasteiger partial charge in [-0.15, -0.1) is 11.3 Å². The molecule has 2 aliphatic heterocycles. The fourth-order valence-electron chi connectivity index (χ4n) is 3.84. The van der Waals surface area contributed by atoms with Crippen LogP contribution in [-0.4, -0.2) is 41.3 Å². The predicted octanol–water partition coefficient (Wildman–Crippen LogP) is 3.79. The Hall–Kier alpha value is -1.27. The molecule has 0 bridgehead atoms. The van der Waals surface area contributed by atoms with Crippen molar-refractivity contribution in [2.45, 2.75) is 51.0 Å². The normalized spacial score (nSPS) is 23.3. The van der Waals surface area contributed by atoms with Crippen LogP contribution in [0.25, 0.3) is 0 Å². The van der Waals surface area contributed by atoms with Gasteiger partial charge in [-0.2, -0.15) is 0 Å². The summed E-state index contributed by atoms with van der Waals surface area (Å²) in [5, 5.41) is 2.19. The number of hydrogen-bond donors (Lipinski definition) is 0. The van der Waals surface area contributed by atoms with Crippen LogP contribution in [0.1, 0.15) is 35.3 Å². The number of piperidine rings is 1. The van der Waals surface area contributed by atoms with Crippen molar-refractivity contribution in [3.05, 3.63) is 52.0 Å². The Morgan fingerprint density at radius 1 is 1.36 bits per heavy atom. The second-order valence-corrected chi connectivity index (χ2v) is 8.30. The third-order valence-corrected chi connectivity index (χ3v) is 6.49. The van der Waals surface area contributed by atoms with E-state index in [0.717, 1.165) is 51.1 Å². The van der Waals surface area contributed by atoms with E-state index in [1.165, 1.54) is 10.4 Å². The minimum absolute atomic E-state index is 0.0423. The highest BCUT2D eigenvalue weighted by molar-refractivity contribution is 7.10. The predicted molar refractivity (Wildman–Crippen MR) is 99.7 cm³/mol. The van der Waals surface area contributed by atoms with E-state index < -0.39 is 0 Å². The number of nitrogens with zero attached hydrogens (tertiary/aromatic N) is 2. The van der Waals surface area contributed by atoms with Crippen LogP contribution in [0, 0.1) is 6.92 Å². The summed E-state index contributed by atoms with van der Waals surface area (Å²) < 4.78 is 12.3. The first kappa shape index (κ1) is 17.2. The van der Waals surface area contributed by atoms with E-state index in [0.29, 0.717) is 6.61 Å². The minimum atomic E-state index is 0.0423. The zero-order valence-corrected chi connectivity index (χ0v) is 15.6. The third kappa shape index (κ3) is 4.11. The highest BCUT2D eigenvalue weighted by atomic mass is 32.1. The van der Waals surface area contributed by atoms with E-state index >= 15 is 0 Å². The number of ether oxygens (including phenoxy) is 2. The number of aryl methyl sites for hydroxylation is 1. The molecule has 0 amide bonds. The molecule has 2 aromatic rings. The molecule has 2 aliphatic rings. The van der Waals surface area contributed by atoms with Crippen LogP contribution in [0.15, 0.2) is 36.0 Å². The van der Waals surface area contributed by atoms with E-state index in [2.05, 4.69) is 34.3 Å². The molecule has 134 valence electrons. The van der Waals surface area contributed by atoms with E-state index in [1.54, 1.807) is 6.20 Å². The fourth-order valence-corrected chi connectivity index (χ4v) is 4.79. The molecular formula is C20H26N2O2S. The van der Waals surface area contributed by atoms with Crippen molar-refractivity contribution in [2.24, 2.45) is 0 Å². The lowest BCUT2D eigenvalue weighted by molar-refractivity contribution is -0.0467. The lowest BCUT2D eigenvalue weighted by Crippen LogP contribution is -2.43. The Labute approximate surface area is 153 Å². The van der Waals surface area contributed by atoms with Crippen LogP contribution in [-0.2, 0) is 22.6 Å². The van der Waals surface area contributed by atoms with Gasteiger partial charge >= 0.3 is 0 Å². The summed E-state index contributed by atoms with van der Waals surface area (Å²) >= 11 is 1.87. The zero-order valence-electron chi connectivity index (χ0n) is 14.8. The molecule has 0 radical (unpaired) electrons. The summed E-state index contributed by atoms with van der Waals surface area (Å²) in [6, 6.07) is 6.23. The average molecular weight is 359 g/mol. The molecule has 1 spiro atoms. The fraction of sp³-hybridized carbons (Fsp3) is 0.550. The lowest BCUT2D eigenvalue weighted by atomic mass is 9.88. The van der Waals surface area contributed by atoms with Crippen molar-refractivity contribution < 1.29 is 9.47 Å². The molecule has 1 atom stereocenters. The molecule has 2 aromatic heterocycles. The van der Waals surface area contributed by atoms with Gasteiger partial charge in [-0.3, -0.25) is 9.88 Å². The first-order chi connectivity index (χ1) is 12.2. The maximum absolute atomic E-state index is 6.23. The van der Waals surface area contributed by atoms with Gasteiger partial charge in [-0.1, -0.05) is 6.07 Å². The van der Waals surface area contributed by atoms with Crippen LogP contribution in [0.3, 0.4) is 0 Å². The first-order valence-corrected chi connectivity index (χ1v) is 10.0. The SMILES string of the molecule is Cc1ccsc1CN1CCC2(CC1)C[C@H](OCc1cccnc1)CO2. The number of hydrogen-bond acceptors (Lipinski definition) is 5. The largest absolute Gasteiger partial charge is 0.372 e. The van der Waals surface area contributed by atoms with E-state index in [4.69, 9.17) is 9.47 Å². The Kier molecular flexibility index (Phi) is 5.17. The van der Waals surface area contributed by atoms with Crippen LogP contribution in [0.4, 0.5) is 0 Å². The Morgan fingerprint density at radius 2 is 2.24 bits per heavy atom. The van der Waals surface area contributed by atoms with E-state index in [-0.39, 0.29) is 11.7 Å². The number of thiophene rings is 1. The van der Waals surface area contributed by atoms with Crippen molar-refractivity contribution in [2.75, 3.05) is 19.7 Å². The molecule has 25 heavy (non-hydrogen) atoms.